The standard InChI is InChI=1S/C16H13F3N2O4/c17-16(18,19)11-5-1-2-6-12(11)20-13(22)10-25-15(24)9-21-8-4-3-7-14(21)23/h1-8H,9-10H2,(H,20,22). The number of hydrogen-bond donors (Lipinski definition) is 1. The summed E-state index contributed by atoms with van der Waals surface area (Å²) >= 11 is 0. The van der Waals surface area contributed by atoms with Gasteiger partial charge in [-0.3, -0.25) is 14.4 Å². The number of nitrogens with zero attached hydrogens (tertiary/aromatic N) is 1. The fourth-order valence-electron chi connectivity index (χ4n) is 1.95. The van der Waals surface area contributed by atoms with Gasteiger partial charge in [-0.05, 0) is 18.2 Å². The van der Waals surface area contributed by atoms with Crippen molar-refractivity contribution in [1.29, 1.82) is 0 Å². The number of para-hydroxylation sites is 1. The number of hydrogen-bond acceptors (Lipinski definition) is 4. The topological polar surface area (TPSA) is 77.4 Å². The number of amides is 1. The monoisotopic (exact) mass is 354 g/mol. The number of esters is 1. The van der Waals surface area contributed by atoms with Crippen molar-refractivity contribution in [2.24, 2.45) is 0 Å². The third-order valence-corrected chi connectivity index (χ3v) is 3.07. The van der Waals surface area contributed by atoms with E-state index >= 15 is 0 Å². The maximum atomic E-state index is 12.8. The van der Waals surface area contributed by atoms with Crippen LogP contribution in [0.25, 0.3) is 0 Å². The third kappa shape index (κ3) is 5.20. The molecule has 25 heavy (non-hydrogen) atoms. The molecule has 1 N–H and O–H groups in total. The molecule has 6 nitrogen and oxygen atoms in total. The highest BCUT2D eigenvalue weighted by Crippen LogP contribution is 2.34. The molecule has 0 unspecified atom stereocenters. The smallest absolute Gasteiger partial charge is 0.418 e. The zero-order chi connectivity index (χ0) is 18.4. The van der Waals surface area contributed by atoms with Crippen molar-refractivity contribution < 1.29 is 27.5 Å². The first-order valence-corrected chi connectivity index (χ1v) is 7.04. The minimum atomic E-state index is -4.63. The van der Waals surface area contributed by atoms with Gasteiger partial charge in [0.2, 0.25) is 0 Å². The van der Waals surface area contributed by atoms with E-state index in [2.05, 4.69) is 4.74 Å². The van der Waals surface area contributed by atoms with Crippen molar-refractivity contribution in [3.8, 4) is 0 Å². The van der Waals surface area contributed by atoms with Gasteiger partial charge in [0.25, 0.3) is 11.5 Å². The first-order valence-electron chi connectivity index (χ1n) is 7.04. The van der Waals surface area contributed by atoms with Crippen LogP contribution in [0.4, 0.5) is 18.9 Å². The Hall–Kier alpha value is -3.10. The Kier molecular flexibility index (Phi) is 5.58. The average Bonchev–Trinajstić information content (AvgIpc) is 2.55. The highest BCUT2D eigenvalue weighted by atomic mass is 19.4. The minimum absolute atomic E-state index is 0.411. The van der Waals surface area contributed by atoms with E-state index in [1.54, 1.807) is 0 Å². The number of aromatic nitrogens is 1. The van der Waals surface area contributed by atoms with Crippen LogP contribution >= 0.6 is 0 Å². The number of benzene rings is 1. The normalized spacial score (nSPS) is 11.0. The summed E-state index contributed by atoms with van der Waals surface area (Å²) in [4.78, 5) is 34.7. The van der Waals surface area contributed by atoms with Gasteiger partial charge < -0.3 is 14.6 Å². The molecule has 0 aliphatic carbocycles. The van der Waals surface area contributed by atoms with Crippen molar-refractivity contribution in [2.45, 2.75) is 12.7 Å². The Morgan fingerprint density at radius 1 is 1.08 bits per heavy atom. The molecule has 0 aliphatic heterocycles. The predicted octanol–water partition coefficient (Wildman–Crippen LogP) is 2.05. The van der Waals surface area contributed by atoms with Crippen LogP contribution in [0, 0.1) is 0 Å². The summed E-state index contributed by atoms with van der Waals surface area (Å²) in [5, 5.41) is 2.04. The molecule has 9 heteroatoms. The maximum Gasteiger partial charge on any atom is 0.418 e. The van der Waals surface area contributed by atoms with Crippen LogP contribution in [-0.4, -0.2) is 23.1 Å². The van der Waals surface area contributed by atoms with Crippen LogP contribution in [0.15, 0.2) is 53.5 Å². The summed E-state index contributed by atoms with van der Waals surface area (Å²) in [6.07, 6.45) is -3.27. The molecular weight excluding hydrogens is 341 g/mol. The number of alkyl halides is 3. The lowest BCUT2D eigenvalue weighted by Crippen LogP contribution is -2.27. The second-order valence-corrected chi connectivity index (χ2v) is 4.92. The van der Waals surface area contributed by atoms with E-state index in [1.165, 1.54) is 36.5 Å². The lowest BCUT2D eigenvalue weighted by atomic mass is 10.1. The van der Waals surface area contributed by atoms with E-state index in [-0.39, 0.29) is 0 Å². The largest absolute Gasteiger partial charge is 0.454 e. The van der Waals surface area contributed by atoms with Crippen LogP contribution in [0.1, 0.15) is 5.56 Å². The van der Waals surface area contributed by atoms with Gasteiger partial charge in [-0.1, -0.05) is 18.2 Å². The predicted molar refractivity (Wildman–Crippen MR) is 81.7 cm³/mol. The van der Waals surface area contributed by atoms with Crippen molar-refractivity contribution in [3.05, 3.63) is 64.6 Å². The lowest BCUT2D eigenvalue weighted by Gasteiger charge is -2.13. The molecule has 1 amide bonds. The molecule has 2 aromatic rings. The zero-order valence-electron chi connectivity index (χ0n) is 12.7. The van der Waals surface area contributed by atoms with Gasteiger partial charge >= 0.3 is 12.1 Å². The van der Waals surface area contributed by atoms with Gasteiger partial charge in [0.05, 0.1) is 11.3 Å². The molecule has 132 valence electrons. The first-order chi connectivity index (χ1) is 11.8. The molecule has 1 aromatic heterocycles. The van der Waals surface area contributed by atoms with E-state index < -0.39 is 48.0 Å². The highest BCUT2D eigenvalue weighted by Gasteiger charge is 2.33. The third-order valence-electron chi connectivity index (χ3n) is 3.07. The van der Waals surface area contributed by atoms with Gasteiger partial charge in [-0.15, -0.1) is 0 Å². The molecule has 0 fully saturated rings. The lowest BCUT2D eigenvalue weighted by molar-refractivity contribution is -0.148. The number of nitrogens with one attached hydrogen (secondary N) is 1. The molecule has 1 aromatic carbocycles. The Morgan fingerprint density at radius 3 is 2.44 bits per heavy atom. The Labute approximate surface area is 139 Å². The minimum Gasteiger partial charge on any atom is -0.454 e. The van der Waals surface area contributed by atoms with Gasteiger partial charge in [-0.2, -0.15) is 13.2 Å². The van der Waals surface area contributed by atoms with Crippen LogP contribution in [0.3, 0.4) is 0 Å². The molecule has 0 saturated carbocycles. The second-order valence-electron chi connectivity index (χ2n) is 4.92. The van der Waals surface area contributed by atoms with Crippen LogP contribution in [-0.2, 0) is 27.0 Å². The summed E-state index contributed by atoms with van der Waals surface area (Å²) in [6, 6.07) is 8.71. The number of rotatable bonds is 5. The van der Waals surface area contributed by atoms with Gasteiger partial charge in [-0.25, -0.2) is 0 Å². The van der Waals surface area contributed by atoms with Crippen molar-refractivity contribution in [2.75, 3.05) is 11.9 Å². The number of halogens is 3. The highest BCUT2D eigenvalue weighted by molar-refractivity contribution is 5.93. The van der Waals surface area contributed by atoms with Gasteiger partial charge in [0.15, 0.2) is 6.61 Å². The summed E-state index contributed by atoms with van der Waals surface area (Å²) in [7, 11) is 0. The maximum absolute atomic E-state index is 12.8. The molecule has 0 spiro atoms. The summed E-state index contributed by atoms with van der Waals surface area (Å²) in [6.45, 7) is -1.18. The van der Waals surface area contributed by atoms with E-state index in [0.29, 0.717) is 0 Å². The van der Waals surface area contributed by atoms with Crippen molar-refractivity contribution >= 4 is 17.6 Å². The Bertz CT molecular complexity index is 830. The number of carbonyl (C=O) groups is 2. The van der Waals surface area contributed by atoms with Crippen LogP contribution in [0.5, 0.6) is 0 Å². The van der Waals surface area contributed by atoms with Gasteiger partial charge in [0, 0.05) is 12.3 Å². The summed E-state index contributed by atoms with van der Waals surface area (Å²) in [5.74, 6) is -1.79. The Morgan fingerprint density at radius 2 is 1.76 bits per heavy atom. The summed E-state index contributed by atoms with van der Waals surface area (Å²) in [5.41, 5.74) is -1.87. The average molecular weight is 354 g/mol. The number of anilines is 1. The van der Waals surface area contributed by atoms with E-state index in [9.17, 15) is 27.6 Å². The molecule has 0 saturated heterocycles. The van der Waals surface area contributed by atoms with E-state index in [4.69, 9.17) is 0 Å². The van der Waals surface area contributed by atoms with Crippen LogP contribution < -0.4 is 10.9 Å². The zero-order valence-corrected chi connectivity index (χ0v) is 12.7. The van der Waals surface area contributed by atoms with Gasteiger partial charge in [0.1, 0.15) is 6.54 Å². The van der Waals surface area contributed by atoms with E-state index in [0.717, 1.165) is 16.7 Å². The molecular formula is C16H13F3N2O4. The first kappa shape index (κ1) is 18.2. The molecule has 0 bridgehead atoms. The number of carbonyl (C=O) groups excluding carboxylic acids is 2. The fourth-order valence-corrected chi connectivity index (χ4v) is 1.95. The number of pyridine rings is 1. The molecule has 0 radical (unpaired) electrons. The SMILES string of the molecule is O=C(COC(=O)Cn1ccccc1=O)Nc1ccccc1C(F)(F)F. The fraction of sp³-hybridized carbons (Fsp3) is 0.188. The Balaban J connectivity index is 1.92. The molecule has 0 aliphatic rings. The second kappa shape index (κ2) is 7.65. The van der Waals surface area contributed by atoms with Crippen LogP contribution in [0.2, 0.25) is 0 Å². The molecule has 1 heterocycles. The summed E-state index contributed by atoms with van der Waals surface area (Å²) < 4.78 is 44.2. The van der Waals surface area contributed by atoms with Crippen molar-refractivity contribution in [3.63, 3.8) is 0 Å². The van der Waals surface area contributed by atoms with Crippen molar-refractivity contribution in [1.82, 2.24) is 4.57 Å². The van der Waals surface area contributed by atoms with E-state index in [1.807, 2.05) is 5.32 Å². The quantitative estimate of drug-likeness (QED) is 0.834. The molecule has 2 rings (SSSR count). The number of ether oxygens (including phenoxy) is 1. The molecule has 0 atom stereocenters.